The summed E-state index contributed by atoms with van der Waals surface area (Å²) in [5, 5.41) is 0. The lowest BCUT2D eigenvalue weighted by Gasteiger charge is -2.34. The molecule has 1 aliphatic heterocycles. The third kappa shape index (κ3) is 3.66. The van der Waals surface area contributed by atoms with Gasteiger partial charge in [-0.05, 0) is 24.3 Å². The smallest absolute Gasteiger partial charge is 0.289 e. The van der Waals surface area contributed by atoms with Crippen molar-refractivity contribution in [1.29, 1.82) is 0 Å². The van der Waals surface area contributed by atoms with E-state index in [9.17, 15) is 13.2 Å². The molecule has 0 saturated carbocycles. The zero-order valence-electron chi connectivity index (χ0n) is 15.4. The van der Waals surface area contributed by atoms with E-state index in [1.165, 1.54) is 24.6 Å². The summed E-state index contributed by atoms with van der Waals surface area (Å²) in [7, 11) is -3.79. The summed E-state index contributed by atoms with van der Waals surface area (Å²) in [6, 6.07) is 11.3. The van der Waals surface area contributed by atoms with Crippen LogP contribution in [0.25, 0.3) is 0 Å². The Morgan fingerprint density at radius 3 is 2.38 bits per heavy atom. The van der Waals surface area contributed by atoms with Crippen LogP contribution in [0.3, 0.4) is 0 Å². The number of carbonyl (C=O) groups excluding carboxylic acids is 1. The van der Waals surface area contributed by atoms with Gasteiger partial charge in [-0.3, -0.25) is 4.79 Å². The van der Waals surface area contributed by atoms with Crippen LogP contribution in [-0.2, 0) is 9.84 Å². The predicted molar refractivity (Wildman–Crippen MR) is 105 cm³/mol. The Balaban J connectivity index is 1.49. The van der Waals surface area contributed by atoms with E-state index in [4.69, 9.17) is 10.2 Å². The number of anilines is 2. The third-order valence-electron chi connectivity index (χ3n) is 4.69. The number of piperazine rings is 1. The van der Waals surface area contributed by atoms with Crippen LogP contribution in [0.2, 0.25) is 0 Å². The van der Waals surface area contributed by atoms with Crippen LogP contribution < -0.4 is 10.6 Å². The molecule has 0 unspecified atom stereocenters. The fourth-order valence-electron chi connectivity index (χ4n) is 3.13. The zero-order valence-corrected chi connectivity index (χ0v) is 16.2. The fraction of sp³-hybridized carbons (Fsp3) is 0.211. The number of carbonyl (C=O) groups is 1. The standard InChI is InChI=1S/C19H19N5O4S/c20-17-16(29(26,27)14-5-2-1-3-6-14)13-21-19(22-17)24-10-8-23(9-11-24)18(25)15-7-4-12-28-15/h1-7,12-13H,8-11H2,(H2,20,21,22). The molecule has 29 heavy (non-hydrogen) atoms. The molecule has 10 heteroatoms. The second kappa shape index (κ2) is 7.55. The Morgan fingerprint density at radius 2 is 1.76 bits per heavy atom. The number of nitrogens with zero attached hydrogens (tertiary/aromatic N) is 4. The molecule has 0 spiro atoms. The van der Waals surface area contributed by atoms with Crippen molar-refractivity contribution in [1.82, 2.24) is 14.9 Å². The molecule has 1 fully saturated rings. The molecule has 1 aromatic carbocycles. The molecule has 4 rings (SSSR count). The highest BCUT2D eigenvalue weighted by molar-refractivity contribution is 7.91. The van der Waals surface area contributed by atoms with Gasteiger partial charge < -0.3 is 20.0 Å². The summed E-state index contributed by atoms with van der Waals surface area (Å²) in [5.41, 5.74) is 5.96. The third-order valence-corrected chi connectivity index (χ3v) is 6.48. The molecule has 0 atom stereocenters. The molecule has 3 aromatic rings. The van der Waals surface area contributed by atoms with Crippen molar-refractivity contribution in [2.24, 2.45) is 0 Å². The van der Waals surface area contributed by atoms with Gasteiger partial charge in [0, 0.05) is 26.2 Å². The van der Waals surface area contributed by atoms with Gasteiger partial charge in [-0.15, -0.1) is 0 Å². The van der Waals surface area contributed by atoms with Gasteiger partial charge in [0.05, 0.1) is 17.4 Å². The average molecular weight is 413 g/mol. The molecule has 9 nitrogen and oxygen atoms in total. The average Bonchev–Trinajstić information content (AvgIpc) is 3.28. The van der Waals surface area contributed by atoms with Gasteiger partial charge in [0.2, 0.25) is 15.8 Å². The van der Waals surface area contributed by atoms with E-state index >= 15 is 0 Å². The van der Waals surface area contributed by atoms with Gasteiger partial charge in [-0.1, -0.05) is 18.2 Å². The first-order valence-corrected chi connectivity index (χ1v) is 10.5. The van der Waals surface area contributed by atoms with E-state index in [0.717, 1.165) is 0 Å². The Bertz CT molecular complexity index is 1110. The molecular formula is C19H19N5O4S. The number of aromatic nitrogens is 2. The second-order valence-corrected chi connectivity index (χ2v) is 8.41. The van der Waals surface area contributed by atoms with Gasteiger partial charge in [0.1, 0.15) is 10.7 Å². The second-order valence-electron chi connectivity index (χ2n) is 6.49. The number of amides is 1. The van der Waals surface area contributed by atoms with Crippen molar-refractivity contribution in [2.75, 3.05) is 36.8 Å². The Hall–Kier alpha value is -3.40. The molecule has 1 saturated heterocycles. The number of furan rings is 1. The van der Waals surface area contributed by atoms with Crippen LogP contribution in [0.15, 0.2) is 69.1 Å². The lowest BCUT2D eigenvalue weighted by molar-refractivity contribution is 0.0714. The first-order chi connectivity index (χ1) is 14.0. The van der Waals surface area contributed by atoms with E-state index in [0.29, 0.717) is 37.9 Å². The molecule has 0 bridgehead atoms. The Morgan fingerprint density at radius 1 is 1.03 bits per heavy atom. The minimum atomic E-state index is -3.79. The fourth-order valence-corrected chi connectivity index (χ4v) is 4.41. The predicted octanol–water partition coefficient (Wildman–Crippen LogP) is 1.45. The maximum Gasteiger partial charge on any atom is 0.289 e. The number of sulfone groups is 1. The molecule has 1 amide bonds. The SMILES string of the molecule is Nc1nc(N2CCN(C(=O)c3ccco3)CC2)ncc1S(=O)(=O)c1ccccc1. The van der Waals surface area contributed by atoms with Crippen molar-refractivity contribution in [3.63, 3.8) is 0 Å². The monoisotopic (exact) mass is 413 g/mol. The summed E-state index contributed by atoms with van der Waals surface area (Å²) in [6.45, 7) is 1.92. The van der Waals surface area contributed by atoms with Gasteiger partial charge in [-0.25, -0.2) is 13.4 Å². The van der Waals surface area contributed by atoms with Gasteiger partial charge in [0.25, 0.3) is 5.91 Å². The molecular weight excluding hydrogens is 394 g/mol. The van der Waals surface area contributed by atoms with Gasteiger partial charge in [-0.2, -0.15) is 4.98 Å². The summed E-state index contributed by atoms with van der Waals surface area (Å²) in [6.07, 6.45) is 2.70. The number of hydrogen-bond acceptors (Lipinski definition) is 8. The van der Waals surface area contributed by atoms with Crippen LogP contribution in [0, 0.1) is 0 Å². The summed E-state index contributed by atoms with van der Waals surface area (Å²) >= 11 is 0. The normalized spacial score (nSPS) is 14.8. The highest BCUT2D eigenvalue weighted by Crippen LogP contribution is 2.25. The minimum absolute atomic E-state index is 0.104. The van der Waals surface area contributed by atoms with Crippen LogP contribution in [0.1, 0.15) is 10.6 Å². The largest absolute Gasteiger partial charge is 0.459 e. The number of rotatable bonds is 4. The Labute approximate surface area is 167 Å². The molecule has 1 aliphatic rings. The lowest BCUT2D eigenvalue weighted by atomic mass is 10.3. The van der Waals surface area contributed by atoms with Gasteiger partial charge >= 0.3 is 0 Å². The van der Waals surface area contributed by atoms with Crippen LogP contribution in [0.5, 0.6) is 0 Å². The Kier molecular flexibility index (Phi) is 4.93. The van der Waals surface area contributed by atoms with Crippen LogP contribution in [0.4, 0.5) is 11.8 Å². The van der Waals surface area contributed by atoms with E-state index in [1.54, 1.807) is 35.2 Å². The minimum Gasteiger partial charge on any atom is -0.459 e. The molecule has 0 radical (unpaired) electrons. The molecule has 3 heterocycles. The number of hydrogen-bond donors (Lipinski definition) is 1. The summed E-state index contributed by atoms with van der Waals surface area (Å²) in [4.78, 5) is 24.3. The summed E-state index contributed by atoms with van der Waals surface area (Å²) < 4.78 is 30.6. The number of nitrogens with two attached hydrogens (primary N) is 1. The van der Waals surface area contributed by atoms with Crippen LogP contribution >= 0.6 is 0 Å². The van der Waals surface area contributed by atoms with Gasteiger partial charge in [0.15, 0.2) is 5.76 Å². The van der Waals surface area contributed by atoms with Crippen molar-refractivity contribution in [2.45, 2.75) is 9.79 Å². The van der Waals surface area contributed by atoms with Crippen molar-refractivity contribution >= 4 is 27.5 Å². The van der Waals surface area contributed by atoms with E-state index in [-0.39, 0.29) is 21.5 Å². The van der Waals surface area contributed by atoms with Crippen LogP contribution in [-0.4, -0.2) is 55.4 Å². The maximum atomic E-state index is 12.7. The number of nitrogen functional groups attached to an aromatic ring is 1. The van der Waals surface area contributed by atoms with Crippen molar-refractivity contribution in [3.05, 3.63) is 60.7 Å². The maximum absolute atomic E-state index is 12.7. The summed E-state index contributed by atoms with van der Waals surface area (Å²) in [5.74, 6) is 0.362. The van der Waals surface area contributed by atoms with Crippen molar-refractivity contribution < 1.29 is 17.6 Å². The zero-order chi connectivity index (χ0) is 20.4. The highest BCUT2D eigenvalue weighted by atomic mass is 32.2. The lowest BCUT2D eigenvalue weighted by Crippen LogP contribution is -2.49. The molecule has 0 aliphatic carbocycles. The molecule has 2 aromatic heterocycles. The van der Waals surface area contributed by atoms with E-state index in [2.05, 4.69) is 9.97 Å². The number of benzene rings is 1. The first-order valence-electron chi connectivity index (χ1n) is 8.97. The molecule has 2 N–H and O–H groups in total. The first kappa shape index (κ1) is 18.9. The molecule has 150 valence electrons. The quantitative estimate of drug-likeness (QED) is 0.682. The van der Waals surface area contributed by atoms with E-state index < -0.39 is 9.84 Å². The van der Waals surface area contributed by atoms with Crippen molar-refractivity contribution in [3.8, 4) is 0 Å². The van der Waals surface area contributed by atoms with E-state index in [1.807, 2.05) is 4.90 Å². The topological polar surface area (TPSA) is 123 Å². The highest BCUT2D eigenvalue weighted by Gasteiger charge is 2.27.